The second kappa shape index (κ2) is 4.22. The smallest absolute Gasteiger partial charge is 0.217 e. The molecule has 0 spiro atoms. The summed E-state index contributed by atoms with van der Waals surface area (Å²) in [6.07, 6.45) is -4.36. The molecule has 1 aliphatic rings. The van der Waals surface area contributed by atoms with Crippen LogP contribution in [0.3, 0.4) is 0 Å². The van der Waals surface area contributed by atoms with Crippen molar-refractivity contribution < 1.29 is 24.9 Å². The molecule has 0 aromatic carbocycles. The van der Waals surface area contributed by atoms with Crippen LogP contribution >= 0.6 is 0 Å². The van der Waals surface area contributed by atoms with E-state index in [2.05, 4.69) is 5.32 Å². The third-order valence-corrected chi connectivity index (χ3v) is 2.23. The van der Waals surface area contributed by atoms with Crippen LogP contribution < -0.4 is 5.32 Å². The number of rotatable bonds is 1. The molecule has 0 aromatic rings. The molecule has 1 saturated heterocycles. The molecule has 0 aliphatic carbocycles. The van der Waals surface area contributed by atoms with E-state index >= 15 is 0 Å². The highest BCUT2D eigenvalue weighted by molar-refractivity contribution is 5.73. The van der Waals surface area contributed by atoms with Gasteiger partial charge >= 0.3 is 0 Å². The molecular weight excluding hydrogens is 190 g/mol. The van der Waals surface area contributed by atoms with Gasteiger partial charge in [0.1, 0.15) is 12.2 Å². The van der Waals surface area contributed by atoms with Gasteiger partial charge in [0.05, 0.1) is 12.1 Å². The molecular formula is C8H15NO5. The summed E-state index contributed by atoms with van der Waals surface area (Å²) in [5, 5.41) is 30.6. The van der Waals surface area contributed by atoms with E-state index in [1.807, 2.05) is 0 Å². The second-order valence-corrected chi connectivity index (χ2v) is 3.44. The Morgan fingerprint density at radius 3 is 2.36 bits per heavy atom. The summed E-state index contributed by atoms with van der Waals surface area (Å²) in [5.74, 6) is -0.380. The predicted molar refractivity (Wildman–Crippen MR) is 46.2 cm³/mol. The number of aliphatic hydroxyl groups is 3. The fraction of sp³-hybridized carbons (Fsp3) is 0.875. The van der Waals surface area contributed by atoms with Gasteiger partial charge in [0.15, 0.2) is 6.29 Å². The number of nitrogens with one attached hydrogen (secondary N) is 1. The number of aliphatic hydroxyl groups excluding tert-OH is 3. The quantitative estimate of drug-likeness (QED) is 0.395. The van der Waals surface area contributed by atoms with Gasteiger partial charge in [-0.2, -0.15) is 0 Å². The van der Waals surface area contributed by atoms with Gasteiger partial charge in [-0.3, -0.25) is 4.79 Å². The molecule has 0 unspecified atom stereocenters. The number of hydrogen-bond acceptors (Lipinski definition) is 5. The molecule has 1 rings (SSSR count). The van der Waals surface area contributed by atoms with Crippen molar-refractivity contribution in [3.05, 3.63) is 0 Å². The number of amides is 1. The summed E-state index contributed by atoms with van der Waals surface area (Å²) in [6.45, 7) is 2.82. The first-order valence-electron chi connectivity index (χ1n) is 4.40. The lowest BCUT2D eigenvalue weighted by atomic mass is 9.97. The largest absolute Gasteiger partial charge is 0.388 e. The van der Waals surface area contributed by atoms with Crippen LogP contribution in [0.4, 0.5) is 0 Å². The molecule has 6 heteroatoms. The van der Waals surface area contributed by atoms with E-state index in [0.717, 1.165) is 0 Å². The van der Waals surface area contributed by atoms with Gasteiger partial charge < -0.3 is 25.4 Å². The van der Waals surface area contributed by atoms with Gasteiger partial charge in [-0.1, -0.05) is 0 Å². The topological polar surface area (TPSA) is 99.0 Å². The first kappa shape index (κ1) is 11.4. The molecule has 0 radical (unpaired) electrons. The van der Waals surface area contributed by atoms with Crippen LogP contribution in [0, 0.1) is 0 Å². The lowest BCUT2D eigenvalue weighted by molar-refractivity contribution is -0.251. The van der Waals surface area contributed by atoms with Crippen molar-refractivity contribution in [1.82, 2.24) is 5.32 Å². The van der Waals surface area contributed by atoms with Crippen molar-refractivity contribution in [3.63, 3.8) is 0 Å². The van der Waals surface area contributed by atoms with E-state index in [4.69, 9.17) is 4.74 Å². The Labute approximate surface area is 81.5 Å². The summed E-state index contributed by atoms with van der Waals surface area (Å²) in [6, 6.07) is -0.897. The SMILES string of the molecule is CC(=O)N[C@H]1[C@@H](O)[C@@H](C)O[C@H](O)[C@@H]1O. The Morgan fingerprint density at radius 1 is 1.29 bits per heavy atom. The molecule has 1 fully saturated rings. The van der Waals surface area contributed by atoms with E-state index in [-0.39, 0.29) is 5.91 Å². The summed E-state index contributed by atoms with van der Waals surface area (Å²) in [4.78, 5) is 10.8. The van der Waals surface area contributed by atoms with Crippen molar-refractivity contribution >= 4 is 5.91 Å². The lowest BCUT2D eigenvalue weighted by Gasteiger charge is -2.39. The third-order valence-electron chi connectivity index (χ3n) is 2.23. The van der Waals surface area contributed by atoms with Crippen LogP contribution in [0.25, 0.3) is 0 Å². The monoisotopic (exact) mass is 205 g/mol. The molecule has 82 valence electrons. The Morgan fingerprint density at radius 2 is 1.86 bits per heavy atom. The van der Waals surface area contributed by atoms with E-state index < -0.39 is 30.6 Å². The molecule has 4 N–H and O–H groups in total. The fourth-order valence-corrected chi connectivity index (χ4v) is 1.46. The minimum atomic E-state index is -1.38. The molecule has 0 saturated carbocycles. The summed E-state index contributed by atoms with van der Waals surface area (Å²) in [7, 11) is 0. The van der Waals surface area contributed by atoms with E-state index in [9.17, 15) is 20.1 Å². The summed E-state index contributed by atoms with van der Waals surface area (Å²) in [5.41, 5.74) is 0. The van der Waals surface area contributed by atoms with E-state index in [1.165, 1.54) is 6.92 Å². The number of carbonyl (C=O) groups excluding carboxylic acids is 1. The Balaban J connectivity index is 2.71. The van der Waals surface area contributed by atoms with Crippen LogP contribution in [-0.4, -0.2) is 51.9 Å². The first-order chi connectivity index (χ1) is 6.43. The molecule has 5 atom stereocenters. The van der Waals surface area contributed by atoms with Gasteiger partial charge in [0, 0.05) is 6.92 Å². The maximum atomic E-state index is 10.8. The van der Waals surface area contributed by atoms with Crippen molar-refractivity contribution in [1.29, 1.82) is 0 Å². The van der Waals surface area contributed by atoms with Crippen LogP contribution in [-0.2, 0) is 9.53 Å². The fourth-order valence-electron chi connectivity index (χ4n) is 1.46. The van der Waals surface area contributed by atoms with E-state index in [0.29, 0.717) is 0 Å². The highest BCUT2D eigenvalue weighted by Crippen LogP contribution is 2.19. The van der Waals surface area contributed by atoms with E-state index in [1.54, 1.807) is 6.92 Å². The molecule has 6 nitrogen and oxygen atoms in total. The minimum Gasteiger partial charge on any atom is -0.388 e. The Bertz CT molecular complexity index is 208. The minimum absolute atomic E-state index is 0.380. The second-order valence-electron chi connectivity index (χ2n) is 3.44. The number of carbonyl (C=O) groups is 1. The molecule has 0 aromatic heterocycles. The average Bonchev–Trinajstić information content (AvgIpc) is 2.09. The molecule has 1 heterocycles. The zero-order valence-electron chi connectivity index (χ0n) is 8.04. The van der Waals surface area contributed by atoms with Crippen molar-refractivity contribution in [2.24, 2.45) is 0 Å². The Kier molecular flexibility index (Phi) is 3.43. The lowest BCUT2D eigenvalue weighted by Crippen LogP contribution is -2.62. The predicted octanol–water partition coefficient (Wildman–Crippen LogP) is -2.05. The van der Waals surface area contributed by atoms with Gasteiger partial charge in [-0.25, -0.2) is 0 Å². The van der Waals surface area contributed by atoms with Crippen LogP contribution in [0.5, 0.6) is 0 Å². The standard InChI is InChI=1S/C8H15NO5/c1-3-6(11)5(9-4(2)10)7(12)8(13)14-3/h3,5-8,11-13H,1-2H3,(H,9,10)/t3-,5+,6+,7-,8+/m1/s1. The van der Waals surface area contributed by atoms with Crippen molar-refractivity contribution in [3.8, 4) is 0 Å². The van der Waals surface area contributed by atoms with Gasteiger partial charge in [0.2, 0.25) is 5.91 Å². The molecule has 1 aliphatic heterocycles. The first-order valence-corrected chi connectivity index (χ1v) is 4.40. The number of ether oxygens (including phenoxy) is 1. The van der Waals surface area contributed by atoms with Gasteiger partial charge in [-0.15, -0.1) is 0 Å². The zero-order valence-corrected chi connectivity index (χ0v) is 8.04. The highest BCUT2D eigenvalue weighted by Gasteiger charge is 2.42. The van der Waals surface area contributed by atoms with Crippen LogP contribution in [0.1, 0.15) is 13.8 Å². The zero-order chi connectivity index (χ0) is 10.9. The third kappa shape index (κ3) is 2.21. The molecule has 0 bridgehead atoms. The maximum absolute atomic E-state index is 10.8. The number of hydrogen-bond donors (Lipinski definition) is 4. The summed E-state index contributed by atoms with van der Waals surface area (Å²) >= 11 is 0. The highest BCUT2D eigenvalue weighted by atomic mass is 16.6. The molecule has 1 amide bonds. The van der Waals surface area contributed by atoms with Gasteiger partial charge in [0.25, 0.3) is 0 Å². The van der Waals surface area contributed by atoms with Gasteiger partial charge in [-0.05, 0) is 6.92 Å². The van der Waals surface area contributed by atoms with Crippen LogP contribution in [0.2, 0.25) is 0 Å². The summed E-state index contributed by atoms with van der Waals surface area (Å²) < 4.78 is 4.83. The molecule has 14 heavy (non-hydrogen) atoms. The van der Waals surface area contributed by atoms with Crippen molar-refractivity contribution in [2.45, 2.75) is 44.5 Å². The average molecular weight is 205 g/mol. The maximum Gasteiger partial charge on any atom is 0.217 e. The van der Waals surface area contributed by atoms with Crippen LogP contribution in [0.15, 0.2) is 0 Å². The Hall–Kier alpha value is -0.690. The van der Waals surface area contributed by atoms with Crippen molar-refractivity contribution in [2.75, 3.05) is 0 Å². The normalized spacial score (nSPS) is 43.4.